The maximum absolute atomic E-state index is 12.5. The molecule has 0 saturated carbocycles. The molecule has 9 nitrogen and oxygen atoms in total. The van der Waals surface area contributed by atoms with Crippen LogP contribution < -0.4 is 10.6 Å². The molecular weight excluding hydrogens is 372 g/mol. The van der Waals surface area contributed by atoms with Crippen LogP contribution in [0, 0.1) is 0 Å². The van der Waals surface area contributed by atoms with Crippen molar-refractivity contribution in [3.8, 4) is 0 Å². The van der Waals surface area contributed by atoms with Gasteiger partial charge in [0.25, 0.3) is 11.8 Å². The topological polar surface area (TPSA) is 125 Å². The maximum atomic E-state index is 12.5. The maximum Gasteiger partial charge on any atom is 0.271 e. The summed E-state index contributed by atoms with van der Waals surface area (Å²) in [6, 6.07) is 5.83. The predicted octanol–water partition coefficient (Wildman–Crippen LogP) is 0.150. The smallest absolute Gasteiger partial charge is 0.271 e. The molecule has 1 fully saturated rings. The molecule has 0 aromatic heterocycles. The fraction of sp³-hybridized carbons (Fsp3) is 0.412. The number of nitrogens with one attached hydrogen (secondary N) is 2. The highest BCUT2D eigenvalue weighted by Crippen LogP contribution is 2.22. The molecule has 0 spiro atoms. The summed E-state index contributed by atoms with van der Waals surface area (Å²) in [4.78, 5) is 36.1. The number of nitrogens with zero attached hydrogens (tertiary/aromatic N) is 2. The Morgan fingerprint density at radius 1 is 1.15 bits per heavy atom. The minimum atomic E-state index is -3.16. The molecule has 10 heteroatoms. The van der Waals surface area contributed by atoms with E-state index in [0.29, 0.717) is 17.7 Å². The summed E-state index contributed by atoms with van der Waals surface area (Å²) in [6.45, 7) is 0. The van der Waals surface area contributed by atoms with Crippen molar-refractivity contribution in [2.75, 3.05) is 23.9 Å². The van der Waals surface area contributed by atoms with E-state index in [2.05, 4.69) is 15.7 Å². The third kappa shape index (κ3) is 4.33. The molecule has 27 heavy (non-hydrogen) atoms. The first-order valence-corrected chi connectivity index (χ1v) is 10.3. The summed E-state index contributed by atoms with van der Waals surface area (Å²) < 4.78 is 23.3. The fourth-order valence-electron chi connectivity index (χ4n) is 3.04. The van der Waals surface area contributed by atoms with Crippen molar-refractivity contribution >= 4 is 39.0 Å². The van der Waals surface area contributed by atoms with Gasteiger partial charge in [-0.3, -0.25) is 14.4 Å². The largest absolute Gasteiger partial charge is 0.355 e. The highest BCUT2D eigenvalue weighted by molar-refractivity contribution is 7.91. The molecule has 3 rings (SSSR count). The zero-order chi connectivity index (χ0) is 19.6. The van der Waals surface area contributed by atoms with E-state index < -0.39 is 21.8 Å². The van der Waals surface area contributed by atoms with Crippen molar-refractivity contribution in [1.29, 1.82) is 0 Å². The second-order valence-corrected chi connectivity index (χ2v) is 8.68. The molecule has 0 bridgehead atoms. The lowest BCUT2D eigenvalue weighted by atomic mass is 10.1. The number of hydrogen-bond donors (Lipinski definition) is 2. The zero-order valence-corrected chi connectivity index (χ0v) is 15.6. The van der Waals surface area contributed by atoms with Gasteiger partial charge >= 0.3 is 0 Å². The van der Waals surface area contributed by atoms with E-state index in [-0.39, 0.29) is 41.9 Å². The molecule has 1 atom stereocenters. The molecule has 3 amide bonds. The van der Waals surface area contributed by atoms with Crippen LogP contribution in [0.1, 0.15) is 29.6 Å². The molecule has 2 N–H and O–H groups in total. The van der Waals surface area contributed by atoms with Crippen LogP contribution in [0.3, 0.4) is 0 Å². The van der Waals surface area contributed by atoms with Gasteiger partial charge in [-0.15, -0.1) is 0 Å². The van der Waals surface area contributed by atoms with E-state index in [9.17, 15) is 22.8 Å². The van der Waals surface area contributed by atoms with Crippen molar-refractivity contribution in [3.05, 3.63) is 29.8 Å². The van der Waals surface area contributed by atoms with Gasteiger partial charge in [0, 0.05) is 31.1 Å². The van der Waals surface area contributed by atoms with Crippen LogP contribution in [0.5, 0.6) is 0 Å². The molecule has 2 aliphatic heterocycles. The van der Waals surface area contributed by atoms with Gasteiger partial charge in [-0.2, -0.15) is 5.10 Å². The Kier molecular flexibility index (Phi) is 5.26. The number of sulfone groups is 1. The average molecular weight is 392 g/mol. The Bertz CT molecular complexity index is 908. The number of hydrazone groups is 1. The van der Waals surface area contributed by atoms with Gasteiger partial charge < -0.3 is 10.6 Å². The van der Waals surface area contributed by atoms with Crippen molar-refractivity contribution in [2.45, 2.75) is 25.3 Å². The molecule has 0 unspecified atom stereocenters. The molecule has 0 aliphatic carbocycles. The van der Waals surface area contributed by atoms with E-state index >= 15 is 0 Å². The lowest BCUT2D eigenvalue weighted by Gasteiger charge is -2.27. The molecule has 2 aliphatic rings. The van der Waals surface area contributed by atoms with E-state index in [1.165, 1.54) is 7.05 Å². The number of carbonyl (C=O) groups excluding carboxylic acids is 3. The van der Waals surface area contributed by atoms with E-state index in [0.717, 1.165) is 5.01 Å². The molecule has 1 saturated heterocycles. The van der Waals surface area contributed by atoms with Gasteiger partial charge in [-0.1, -0.05) is 0 Å². The third-order valence-corrected chi connectivity index (χ3v) is 6.26. The standard InChI is InChI=1S/C17H20N4O5S/c1-18-16(23)11-2-4-12(5-3-11)19-17(24)14-6-7-15(22)21(20-14)13-8-9-27(25,26)10-13/h2-5,13H,6-10H2,1H3,(H,18,23)(H,19,24)/t13-/m0/s1. The summed E-state index contributed by atoms with van der Waals surface area (Å²) in [5, 5.41) is 10.5. The van der Waals surface area contributed by atoms with Crippen LogP contribution >= 0.6 is 0 Å². The van der Waals surface area contributed by atoms with Gasteiger partial charge in [0.05, 0.1) is 17.5 Å². The van der Waals surface area contributed by atoms with Crippen molar-refractivity contribution in [3.63, 3.8) is 0 Å². The number of carbonyl (C=O) groups is 3. The number of hydrogen-bond acceptors (Lipinski definition) is 6. The first-order chi connectivity index (χ1) is 12.8. The molecule has 1 aromatic rings. The molecular formula is C17H20N4O5S. The predicted molar refractivity (Wildman–Crippen MR) is 99.0 cm³/mol. The number of benzene rings is 1. The van der Waals surface area contributed by atoms with Crippen LogP contribution in [-0.2, 0) is 19.4 Å². The first-order valence-electron chi connectivity index (χ1n) is 8.52. The molecule has 0 radical (unpaired) electrons. The lowest BCUT2D eigenvalue weighted by Crippen LogP contribution is -2.42. The molecule has 144 valence electrons. The van der Waals surface area contributed by atoms with Gasteiger partial charge in [-0.25, -0.2) is 13.4 Å². The van der Waals surface area contributed by atoms with E-state index in [1.807, 2.05) is 0 Å². The molecule has 1 aromatic carbocycles. The van der Waals surface area contributed by atoms with Crippen LogP contribution in [0.25, 0.3) is 0 Å². The summed E-state index contributed by atoms with van der Waals surface area (Å²) in [7, 11) is -1.63. The van der Waals surface area contributed by atoms with E-state index in [1.54, 1.807) is 24.3 Å². The Morgan fingerprint density at radius 2 is 1.85 bits per heavy atom. The Labute approximate surface area is 156 Å². The lowest BCUT2D eigenvalue weighted by molar-refractivity contribution is -0.133. The van der Waals surface area contributed by atoms with E-state index in [4.69, 9.17) is 0 Å². The number of amides is 3. The summed E-state index contributed by atoms with van der Waals surface area (Å²) >= 11 is 0. The van der Waals surface area contributed by atoms with Crippen molar-refractivity contribution in [2.24, 2.45) is 5.10 Å². The third-order valence-electron chi connectivity index (χ3n) is 4.51. The quantitative estimate of drug-likeness (QED) is 0.755. The molecule has 2 heterocycles. The van der Waals surface area contributed by atoms with Gasteiger partial charge in [0.2, 0.25) is 5.91 Å². The minimum Gasteiger partial charge on any atom is -0.355 e. The van der Waals surface area contributed by atoms with Crippen LogP contribution in [0.15, 0.2) is 29.4 Å². The summed E-state index contributed by atoms with van der Waals surface area (Å²) in [5.41, 5.74) is 1.13. The van der Waals surface area contributed by atoms with Crippen LogP contribution in [-0.4, -0.2) is 61.5 Å². The first kappa shape index (κ1) is 19.0. The zero-order valence-electron chi connectivity index (χ0n) is 14.8. The monoisotopic (exact) mass is 392 g/mol. The van der Waals surface area contributed by atoms with Gasteiger partial charge in [0.15, 0.2) is 9.84 Å². The minimum absolute atomic E-state index is 0.0240. The second-order valence-electron chi connectivity index (χ2n) is 6.45. The fourth-order valence-corrected chi connectivity index (χ4v) is 4.73. The van der Waals surface area contributed by atoms with Crippen molar-refractivity contribution < 1.29 is 22.8 Å². The Hall–Kier alpha value is -2.75. The SMILES string of the molecule is CNC(=O)c1ccc(NC(=O)C2=NN([C@H]3CCS(=O)(=O)C3)C(=O)CC2)cc1. The van der Waals surface area contributed by atoms with Crippen LogP contribution in [0.4, 0.5) is 5.69 Å². The Morgan fingerprint density at radius 3 is 2.44 bits per heavy atom. The number of anilines is 1. The van der Waals surface area contributed by atoms with Crippen LogP contribution in [0.2, 0.25) is 0 Å². The highest BCUT2D eigenvalue weighted by Gasteiger charge is 2.37. The second kappa shape index (κ2) is 7.47. The van der Waals surface area contributed by atoms with Crippen molar-refractivity contribution in [1.82, 2.24) is 10.3 Å². The average Bonchev–Trinajstić information content (AvgIpc) is 3.01. The summed E-state index contributed by atoms with van der Waals surface area (Å²) in [5.74, 6) is -1.07. The Balaban J connectivity index is 1.71. The van der Waals surface area contributed by atoms with Gasteiger partial charge in [-0.05, 0) is 30.7 Å². The van der Waals surface area contributed by atoms with Gasteiger partial charge in [0.1, 0.15) is 5.71 Å². The number of rotatable bonds is 4. The summed E-state index contributed by atoms with van der Waals surface area (Å²) in [6.07, 6.45) is 0.628. The normalized spacial score (nSPS) is 21.5. The highest BCUT2D eigenvalue weighted by atomic mass is 32.2.